The van der Waals surface area contributed by atoms with E-state index in [9.17, 15) is 14.3 Å². The summed E-state index contributed by atoms with van der Waals surface area (Å²) >= 11 is 6.03. The Bertz CT molecular complexity index is 1650. The van der Waals surface area contributed by atoms with Crippen LogP contribution < -0.4 is 15.5 Å². The summed E-state index contributed by atoms with van der Waals surface area (Å²) < 4.78 is 19.7. The summed E-state index contributed by atoms with van der Waals surface area (Å²) in [6, 6.07) is 10.1. The molecule has 1 aliphatic rings. The number of nitrogens with one attached hydrogen (secondary N) is 2. The number of phenolic OH excluding ortho intramolecular Hbond substituents is 1. The molecule has 3 aromatic heterocycles. The van der Waals surface area contributed by atoms with Crippen LogP contribution in [0, 0.1) is 5.82 Å². The molecule has 0 saturated carbocycles. The minimum Gasteiger partial charge on any atom is -0.504 e. The number of pyridine rings is 3. The average Bonchev–Trinajstić information content (AvgIpc) is 2.96. The molecule has 43 heavy (non-hydrogen) atoms. The van der Waals surface area contributed by atoms with Crippen molar-refractivity contribution in [1.29, 1.82) is 0 Å². The van der Waals surface area contributed by atoms with Crippen LogP contribution in [0.5, 0.6) is 5.75 Å². The number of halogens is 2. The number of amides is 1. The van der Waals surface area contributed by atoms with Gasteiger partial charge < -0.3 is 25.4 Å². The highest BCUT2D eigenvalue weighted by molar-refractivity contribution is 6.32. The van der Waals surface area contributed by atoms with Crippen LogP contribution in [-0.4, -0.2) is 50.9 Å². The third kappa shape index (κ3) is 7.14. The van der Waals surface area contributed by atoms with Crippen LogP contribution in [0.1, 0.15) is 46.1 Å². The van der Waals surface area contributed by atoms with E-state index in [4.69, 9.17) is 26.3 Å². The lowest BCUT2D eigenvalue weighted by atomic mass is 10.1. The first-order valence-electron chi connectivity index (χ1n) is 14.1. The predicted molar refractivity (Wildman–Crippen MR) is 168 cm³/mol. The van der Waals surface area contributed by atoms with Gasteiger partial charge in [-0.3, -0.25) is 4.98 Å². The first-order valence-corrected chi connectivity index (χ1v) is 14.5. The summed E-state index contributed by atoms with van der Waals surface area (Å²) in [4.78, 5) is 28.5. The van der Waals surface area contributed by atoms with E-state index in [1.165, 1.54) is 12.1 Å². The van der Waals surface area contributed by atoms with Gasteiger partial charge in [0.15, 0.2) is 11.6 Å². The van der Waals surface area contributed by atoms with Crippen molar-refractivity contribution in [2.75, 3.05) is 23.3 Å². The summed E-state index contributed by atoms with van der Waals surface area (Å²) in [5, 5.41) is 16.1. The Balaban J connectivity index is 1.39. The molecule has 4 heterocycles. The Hall–Kier alpha value is -4.44. The van der Waals surface area contributed by atoms with E-state index in [0.29, 0.717) is 34.5 Å². The predicted octanol–water partition coefficient (Wildman–Crippen LogP) is 7.46. The number of benzene rings is 1. The van der Waals surface area contributed by atoms with Gasteiger partial charge in [0, 0.05) is 36.5 Å². The minimum atomic E-state index is -0.824. The van der Waals surface area contributed by atoms with Gasteiger partial charge in [0.1, 0.15) is 16.9 Å². The Morgan fingerprint density at radius 2 is 2.00 bits per heavy atom. The number of hydrogen-bond acceptors (Lipinski definition) is 8. The topological polar surface area (TPSA) is 112 Å². The minimum absolute atomic E-state index is 0.0352. The number of fused-ring (bicyclic) bond motifs is 1. The van der Waals surface area contributed by atoms with Crippen molar-refractivity contribution in [3.05, 3.63) is 71.3 Å². The number of ether oxygens (including phenoxy) is 1. The van der Waals surface area contributed by atoms with Gasteiger partial charge in [-0.1, -0.05) is 23.8 Å². The molecule has 9 nitrogen and oxygen atoms in total. The number of rotatable bonds is 6. The fourth-order valence-electron chi connectivity index (χ4n) is 4.96. The molecule has 1 fully saturated rings. The molecule has 1 saturated heterocycles. The van der Waals surface area contributed by atoms with Crippen LogP contribution in [0.25, 0.3) is 28.4 Å². The Morgan fingerprint density at radius 1 is 1.19 bits per heavy atom. The van der Waals surface area contributed by atoms with E-state index < -0.39 is 23.3 Å². The number of alkyl carbamates (subject to hydrolysis) is 1. The molecule has 3 N–H and O–H groups in total. The molecule has 4 aromatic rings. The van der Waals surface area contributed by atoms with Crippen molar-refractivity contribution >= 4 is 52.0 Å². The molecule has 224 valence electrons. The molecule has 11 heteroatoms. The van der Waals surface area contributed by atoms with Gasteiger partial charge in [-0.05, 0) is 76.9 Å². The average molecular weight is 605 g/mol. The molecule has 1 aromatic carbocycles. The number of hydrogen-bond donors (Lipinski definition) is 3. The number of carbonyl (C=O) groups excluding carboxylic acids is 1. The normalized spacial score (nSPS) is 15.6. The zero-order valence-corrected chi connectivity index (χ0v) is 25.2. The molecule has 1 atom stereocenters. The maximum atomic E-state index is 14.2. The highest BCUT2D eigenvalue weighted by atomic mass is 35.5. The quantitative estimate of drug-likeness (QED) is 0.208. The highest BCUT2D eigenvalue weighted by Gasteiger charge is 2.25. The lowest BCUT2D eigenvalue weighted by Gasteiger charge is -2.34. The van der Waals surface area contributed by atoms with E-state index in [2.05, 4.69) is 20.5 Å². The molecule has 0 radical (unpaired) electrons. The molecule has 0 bridgehead atoms. The fraction of sp³-hybridized carbons (Fsp3) is 0.312. The Kier molecular flexibility index (Phi) is 8.68. The molecular formula is C32H34ClFN6O3. The number of piperidine rings is 1. The Morgan fingerprint density at radius 3 is 2.70 bits per heavy atom. The summed E-state index contributed by atoms with van der Waals surface area (Å²) in [5.41, 5.74) is 3.84. The molecule has 1 amide bonds. The second-order valence-electron chi connectivity index (χ2n) is 11.4. The summed E-state index contributed by atoms with van der Waals surface area (Å²) in [6.45, 7) is 8.92. The van der Waals surface area contributed by atoms with E-state index >= 15 is 0 Å². The molecule has 0 aliphatic carbocycles. The number of aromatic nitrogens is 3. The zero-order valence-electron chi connectivity index (χ0n) is 24.5. The standard InChI is InChI=1S/C32H34ClFN6O3/c1-5-7-19-16-35-26-11-10-25(20-14-23(33)30(41)24(34)15-20)39-29(26)28(19)37-21-9-12-27(36-17-21)40-13-6-8-22(18-40)38-31(42)43-32(2,3)4/h5,7,9-12,14-17,22,41H,6,8,13,18H2,1-4H3,(H,35,37)(H,38,42)/t22-/m1/s1. The molecular weight excluding hydrogens is 571 g/mol. The first kappa shape index (κ1) is 30.0. The van der Waals surface area contributed by atoms with Crippen molar-refractivity contribution in [1.82, 2.24) is 20.3 Å². The van der Waals surface area contributed by atoms with Gasteiger partial charge in [-0.2, -0.15) is 0 Å². The zero-order chi connectivity index (χ0) is 30.7. The van der Waals surface area contributed by atoms with Crippen LogP contribution in [0.3, 0.4) is 0 Å². The second kappa shape index (κ2) is 12.4. The fourth-order valence-corrected chi connectivity index (χ4v) is 5.17. The molecule has 1 aliphatic heterocycles. The van der Waals surface area contributed by atoms with Crippen LogP contribution in [0.15, 0.2) is 54.9 Å². The first-order chi connectivity index (χ1) is 20.5. The van der Waals surface area contributed by atoms with Gasteiger partial charge in [-0.15, -0.1) is 0 Å². The number of nitrogens with zero attached hydrogens (tertiary/aromatic N) is 4. The van der Waals surface area contributed by atoms with Crippen molar-refractivity contribution in [3.63, 3.8) is 0 Å². The third-order valence-electron chi connectivity index (χ3n) is 6.88. The maximum Gasteiger partial charge on any atom is 0.407 e. The molecule has 0 spiro atoms. The molecule has 5 rings (SSSR count). The van der Waals surface area contributed by atoms with Crippen molar-refractivity contribution in [3.8, 4) is 17.0 Å². The van der Waals surface area contributed by atoms with Crippen molar-refractivity contribution in [2.24, 2.45) is 0 Å². The number of anilines is 3. The number of aromatic hydroxyl groups is 1. The second-order valence-corrected chi connectivity index (χ2v) is 11.8. The monoisotopic (exact) mass is 604 g/mol. The lowest BCUT2D eigenvalue weighted by molar-refractivity contribution is 0.0500. The number of allylic oxidation sites excluding steroid dienone is 1. The Labute approximate surface area is 254 Å². The van der Waals surface area contributed by atoms with E-state index in [1.807, 2.05) is 52.0 Å². The smallest absolute Gasteiger partial charge is 0.407 e. The maximum absolute atomic E-state index is 14.2. The van der Waals surface area contributed by atoms with Gasteiger partial charge in [-0.25, -0.2) is 19.2 Å². The SMILES string of the molecule is CC=Cc1cnc2ccc(-c3cc(F)c(O)c(Cl)c3)nc2c1Nc1ccc(N2CCC[C@@H](NC(=O)OC(C)(C)C)C2)nc1. The summed E-state index contributed by atoms with van der Waals surface area (Å²) in [7, 11) is 0. The lowest BCUT2D eigenvalue weighted by Crippen LogP contribution is -2.49. The van der Waals surface area contributed by atoms with Crippen LogP contribution in [0.4, 0.5) is 26.4 Å². The van der Waals surface area contributed by atoms with E-state index in [-0.39, 0.29) is 11.1 Å². The van der Waals surface area contributed by atoms with Crippen molar-refractivity contribution < 1.29 is 19.0 Å². The van der Waals surface area contributed by atoms with Gasteiger partial charge in [0.05, 0.1) is 33.8 Å². The van der Waals surface area contributed by atoms with Gasteiger partial charge in [0.2, 0.25) is 0 Å². The third-order valence-corrected chi connectivity index (χ3v) is 7.17. The van der Waals surface area contributed by atoms with Crippen molar-refractivity contribution in [2.45, 2.75) is 52.2 Å². The van der Waals surface area contributed by atoms with Crippen LogP contribution in [0.2, 0.25) is 5.02 Å². The number of carbonyl (C=O) groups is 1. The highest BCUT2D eigenvalue weighted by Crippen LogP contribution is 2.35. The van der Waals surface area contributed by atoms with E-state index in [0.717, 1.165) is 36.5 Å². The summed E-state index contributed by atoms with van der Waals surface area (Å²) in [5.74, 6) is -0.613. The molecule has 0 unspecified atom stereocenters. The van der Waals surface area contributed by atoms with Gasteiger partial charge >= 0.3 is 6.09 Å². The summed E-state index contributed by atoms with van der Waals surface area (Å²) in [6.07, 6.45) is 8.73. The van der Waals surface area contributed by atoms with Crippen LogP contribution >= 0.6 is 11.6 Å². The van der Waals surface area contributed by atoms with Gasteiger partial charge in [0.25, 0.3) is 0 Å². The number of phenols is 1. The van der Waals surface area contributed by atoms with Crippen LogP contribution in [-0.2, 0) is 4.74 Å². The van der Waals surface area contributed by atoms with E-state index in [1.54, 1.807) is 24.5 Å². The largest absolute Gasteiger partial charge is 0.504 e.